The van der Waals surface area contributed by atoms with E-state index < -0.39 is 16.9 Å². The summed E-state index contributed by atoms with van der Waals surface area (Å²) in [6, 6.07) is 3.81. The van der Waals surface area contributed by atoms with Crippen LogP contribution in [0.25, 0.3) is 6.08 Å². The Balaban J connectivity index is 2.73. The average molecular weight is 281 g/mol. The number of rotatable bonds is 5. The molecule has 1 amide bonds. The van der Waals surface area contributed by atoms with E-state index in [4.69, 9.17) is 0 Å². The van der Waals surface area contributed by atoms with Gasteiger partial charge in [-0.1, -0.05) is 6.07 Å². The molecule has 0 bridgehead atoms. The molecular weight excluding hydrogens is 262 g/mol. The molecule has 1 heterocycles. The fraction of sp³-hybridized carbons (Fsp3) is 0.429. The van der Waals surface area contributed by atoms with Crippen molar-refractivity contribution in [2.45, 2.75) is 33.2 Å². The van der Waals surface area contributed by atoms with E-state index in [0.717, 1.165) is 4.88 Å². The smallest absolute Gasteiger partial charge is 0.311 e. The molecule has 1 aromatic heterocycles. The van der Waals surface area contributed by atoms with Crippen LogP contribution >= 0.6 is 11.3 Å². The standard InChI is InChI=1S/C14H19NO3S/c1-13(2,12(17)18)14(3,4)15-11(16)8-7-10-6-5-9-19-10/h5-9H,1-4H3,(H,15,16)(H,17,18). The minimum Gasteiger partial charge on any atom is -0.481 e. The van der Waals surface area contributed by atoms with Crippen LogP contribution in [-0.2, 0) is 9.59 Å². The zero-order valence-corrected chi connectivity index (χ0v) is 12.4. The van der Waals surface area contributed by atoms with Crippen molar-refractivity contribution in [3.8, 4) is 0 Å². The molecule has 0 spiro atoms. The number of carboxylic acid groups (broad SMARTS) is 1. The summed E-state index contributed by atoms with van der Waals surface area (Å²) in [5.41, 5.74) is -1.91. The molecular formula is C14H19NO3S. The number of carbonyl (C=O) groups excluding carboxylic acids is 1. The molecule has 0 saturated heterocycles. The molecule has 19 heavy (non-hydrogen) atoms. The van der Waals surface area contributed by atoms with Crippen LogP contribution in [0.4, 0.5) is 0 Å². The fourth-order valence-electron chi connectivity index (χ4n) is 1.32. The van der Waals surface area contributed by atoms with Gasteiger partial charge in [0.05, 0.1) is 11.0 Å². The van der Waals surface area contributed by atoms with E-state index in [1.54, 1.807) is 33.8 Å². The summed E-state index contributed by atoms with van der Waals surface area (Å²) in [5, 5.41) is 13.9. The summed E-state index contributed by atoms with van der Waals surface area (Å²) in [7, 11) is 0. The maximum atomic E-state index is 11.8. The maximum Gasteiger partial charge on any atom is 0.311 e. The minimum absolute atomic E-state index is 0.298. The highest BCUT2D eigenvalue weighted by atomic mass is 32.1. The molecule has 5 heteroatoms. The van der Waals surface area contributed by atoms with Crippen molar-refractivity contribution in [1.29, 1.82) is 0 Å². The molecule has 0 aliphatic heterocycles. The highest BCUT2D eigenvalue weighted by molar-refractivity contribution is 7.10. The van der Waals surface area contributed by atoms with Crippen molar-refractivity contribution in [3.63, 3.8) is 0 Å². The van der Waals surface area contributed by atoms with Crippen molar-refractivity contribution < 1.29 is 14.7 Å². The van der Waals surface area contributed by atoms with Gasteiger partial charge in [-0.15, -0.1) is 11.3 Å². The molecule has 0 fully saturated rings. The maximum absolute atomic E-state index is 11.8. The van der Waals surface area contributed by atoms with Crippen LogP contribution < -0.4 is 5.32 Å². The van der Waals surface area contributed by atoms with E-state index in [9.17, 15) is 14.7 Å². The summed E-state index contributed by atoms with van der Waals surface area (Å²) in [6.45, 7) is 6.60. The van der Waals surface area contributed by atoms with Gasteiger partial charge in [0.25, 0.3) is 0 Å². The van der Waals surface area contributed by atoms with E-state index in [0.29, 0.717) is 0 Å². The van der Waals surface area contributed by atoms with Crippen LogP contribution in [-0.4, -0.2) is 22.5 Å². The first-order valence-electron chi connectivity index (χ1n) is 5.94. The number of carbonyl (C=O) groups is 2. The predicted octanol–water partition coefficient (Wildman–Crippen LogP) is 2.77. The Hall–Kier alpha value is -1.62. The largest absolute Gasteiger partial charge is 0.481 e. The topological polar surface area (TPSA) is 66.4 Å². The van der Waals surface area contributed by atoms with E-state index in [-0.39, 0.29) is 5.91 Å². The number of aliphatic carboxylic acids is 1. The second-order valence-corrected chi connectivity index (χ2v) is 6.37. The van der Waals surface area contributed by atoms with Crippen LogP contribution in [0, 0.1) is 5.41 Å². The second kappa shape index (κ2) is 5.57. The van der Waals surface area contributed by atoms with E-state index in [1.165, 1.54) is 17.4 Å². The molecule has 1 rings (SSSR count). The molecule has 4 nitrogen and oxygen atoms in total. The van der Waals surface area contributed by atoms with Crippen molar-refractivity contribution in [2.24, 2.45) is 5.41 Å². The first kappa shape index (κ1) is 15.4. The van der Waals surface area contributed by atoms with Crippen LogP contribution in [0.2, 0.25) is 0 Å². The predicted molar refractivity (Wildman–Crippen MR) is 77.0 cm³/mol. The van der Waals surface area contributed by atoms with Crippen LogP contribution in [0.1, 0.15) is 32.6 Å². The van der Waals surface area contributed by atoms with Crippen LogP contribution in [0.5, 0.6) is 0 Å². The number of nitrogens with one attached hydrogen (secondary N) is 1. The van der Waals surface area contributed by atoms with Crippen molar-refractivity contribution >= 4 is 29.3 Å². The molecule has 0 unspecified atom stereocenters. The number of amides is 1. The monoisotopic (exact) mass is 281 g/mol. The summed E-state index contributed by atoms with van der Waals surface area (Å²) in [4.78, 5) is 24.0. The number of hydrogen-bond acceptors (Lipinski definition) is 3. The van der Waals surface area contributed by atoms with Gasteiger partial charge in [0.2, 0.25) is 5.91 Å². The first-order valence-corrected chi connectivity index (χ1v) is 6.82. The number of thiophene rings is 1. The Morgan fingerprint density at radius 1 is 1.32 bits per heavy atom. The van der Waals surface area contributed by atoms with Gasteiger partial charge >= 0.3 is 5.97 Å². The second-order valence-electron chi connectivity index (χ2n) is 5.39. The molecule has 2 N–H and O–H groups in total. The van der Waals surface area contributed by atoms with E-state index in [2.05, 4.69) is 5.32 Å². The van der Waals surface area contributed by atoms with Crippen molar-refractivity contribution in [3.05, 3.63) is 28.5 Å². The quantitative estimate of drug-likeness (QED) is 0.816. The van der Waals surface area contributed by atoms with Gasteiger partial charge in [-0.25, -0.2) is 0 Å². The number of carboxylic acids is 1. The Labute approximate surface area is 117 Å². The lowest BCUT2D eigenvalue weighted by molar-refractivity contribution is -0.151. The van der Waals surface area contributed by atoms with Gasteiger partial charge in [-0.2, -0.15) is 0 Å². The molecule has 0 aromatic carbocycles. The highest BCUT2D eigenvalue weighted by Gasteiger charge is 2.44. The molecule has 0 saturated carbocycles. The van der Waals surface area contributed by atoms with Gasteiger partial charge in [-0.05, 0) is 45.2 Å². The van der Waals surface area contributed by atoms with Gasteiger partial charge in [-0.3, -0.25) is 9.59 Å². The van der Waals surface area contributed by atoms with E-state index >= 15 is 0 Å². The fourth-order valence-corrected chi connectivity index (χ4v) is 1.94. The summed E-state index contributed by atoms with van der Waals surface area (Å²) < 4.78 is 0. The normalized spacial score (nSPS) is 12.6. The molecule has 0 atom stereocenters. The SMILES string of the molecule is CC(C)(NC(=O)C=Cc1cccs1)C(C)(C)C(=O)O. The lowest BCUT2D eigenvalue weighted by Crippen LogP contribution is -2.56. The Morgan fingerprint density at radius 3 is 2.42 bits per heavy atom. The van der Waals surface area contributed by atoms with Gasteiger partial charge in [0.15, 0.2) is 0 Å². The Morgan fingerprint density at radius 2 is 1.95 bits per heavy atom. The third-order valence-corrected chi connectivity index (χ3v) is 4.31. The first-order chi connectivity index (χ1) is 8.67. The zero-order valence-electron chi connectivity index (χ0n) is 11.6. The van der Waals surface area contributed by atoms with Crippen LogP contribution in [0.3, 0.4) is 0 Å². The molecule has 0 radical (unpaired) electrons. The van der Waals surface area contributed by atoms with E-state index in [1.807, 2.05) is 17.5 Å². The minimum atomic E-state index is -1.06. The Kier molecular flexibility index (Phi) is 4.52. The molecule has 0 aliphatic carbocycles. The summed E-state index contributed by atoms with van der Waals surface area (Å²) in [6.07, 6.45) is 3.13. The molecule has 0 aliphatic rings. The summed E-state index contributed by atoms with van der Waals surface area (Å²) >= 11 is 1.53. The summed E-state index contributed by atoms with van der Waals surface area (Å²) in [5.74, 6) is -1.24. The molecule has 104 valence electrons. The third kappa shape index (κ3) is 3.67. The van der Waals surface area contributed by atoms with Crippen LogP contribution in [0.15, 0.2) is 23.6 Å². The third-order valence-electron chi connectivity index (χ3n) is 3.48. The average Bonchev–Trinajstić information content (AvgIpc) is 2.78. The van der Waals surface area contributed by atoms with Crippen molar-refractivity contribution in [2.75, 3.05) is 0 Å². The highest BCUT2D eigenvalue weighted by Crippen LogP contribution is 2.30. The Bertz CT molecular complexity index is 487. The number of hydrogen-bond donors (Lipinski definition) is 2. The lowest BCUT2D eigenvalue weighted by atomic mass is 9.74. The lowest BCUT2D eigenvalue weighted by Gasteiger charge is -2.38. The van der Waals surface area contributed by atoms with Gasteiger partial charge in [0.1, 0.15) is 0 Å². The molecule has 1 aromatic rings. The van der Waals surface area contributed by atoms with Gasteiger partial charge in [0, 0.05) is 11.0 Å². The van der Waals surface area contributed by atoms with Crippen molar-refractivity contribution in [1.82, 2.24) is 5.32 Å². The van der Waals surface area contributed by atoms with Gasteiger partial charge < -0.3 is 10.4 Å². The zero-order chi connectivity index (χ0) is 14.7.